The van der Waals surface area contributed by atoms with Gasteiger partial charge in [-0.2, -0.15) is 5.10 Å². The van der Waals surface area contributed by atoms with Crippen LogP contribution < -0.4 is 5.43 Å². The van der Waals surface area contributed by atoms with Gasteiger partial charge in [-0.1, -0.05) is 23.2 Å². The van der Waals surface area contributed by atoms with Gasteiger partial charge in [0.05, 0.1) is 16.9 Å². The second-order valence-corrected chi connectivity index (χ2v) is 4.59. The molecular weight excluding hydrogens is 287 g/mol. The summed E-state index contributed by atoms with van der Waals surface area (Å²) in [4.78, 5) is 0. The minimum atomic E-state index is -0.343. The number of aromatic hydroxyl groups is 2. The number of nitrogens with zero attached hydrogens (tertiary/aromatic N) is 1. The molecule has 4 nitrogen and oxygen atoms in total. The molecule has 0 heterocycles. The van der Waals surface area contributed by atoms with Gasteiger partial charge in [0.2, 0.25) is 0 Å². The molecule has 0 radical (unpaired) electrons. The smallest absolute Gasteiger partial charge is 0.176 e. The van der Waals surface area contributed by atoms with Gasteiger partial charge in [0.1, 0.15) is 0 Å². The highest BCUT2D eigenvalue weighted by atomic mass is 35.5. The minimum absolute atomic E-state index is 0.0629. The van der Waals surface area contributed by atoms with E-state index >= 15 is 0 Å². The number of hydrazone groups is 1. The molecule has 0 atom stereocenters. The molecule has 0 aliphatic rings. The monoisotopic (exact) mass is 296 g/mol. The van der Waals surface area contributed by atoms with E-state index in [2.05, 4.69) is 10.5 Å². The summed E-state index contributed by atoms with van der Waals surface area (Å²) < 4.78 is 0. The number of phenols is 2. The fraction of sp³-hybridized carbons (Fsp3) is 0. The van der Waals surface area contributed by atoms with Crippen LogP contribution in [0.25, 0.3) is 0 Å². The quantitative estimate of drug-likeness (QED) is 0.458. The average Bonchev–Trinajstić information content (AvgIpc) is 2.38. The summed E-state index contributed by atoms with van der Waals surface area (Å²) >= 11 is 11.5. The van der Waals surface area contributed by atoms with Crippen LogP contribution in [0, 0.1) is 0 Å². The number of phenolic OH excluding ortho intramolecular Hbond substituents is 2. The summed E-state index contributed by atoms with van der Waals surface area (Å²) in [6, 6.07) is 9.88. The van der Waals surface area contributed by atoms with Crippen LogP contribution in [0.15, 0.2) is 41.5 Å². The van der Waals surface area contributed by atoms with E-state index < -0.39 is 0 Å². The number of anilines is 1. The predicted octanol–water partition coefficient (Wildman–Crippen LogP) is 3.85. The van der Waals surface area contributed by atoms with Crippen molar-refractivity contribution in [2.75, 3.05) is 5.43 Å². The molecular formula is C13H10Cl2N2O2. The normalized spacial score (nSPS) is 10.8. The molecule has 0 amide bonds. The second kappa shape index (κ2) is 5.82. The maximum Gasteiger partial charge on any atom is 0.176 e. The summed E-state index contributed by atoms with van der Waals surface area (Å²) in [5, 5.41) is 23.4. The van der Waals surface area contributed by atoms with Crippen molar-refractivity contribution in [3.63, 3.8) is 0 Å². The van der Waals surface area contributed by atoms with E-state index in [9.17, 15) is 10.2 Å². The zero-order chi connectivity index (χ0) is 13.8. The van der Waals surface area contributed by atoms with Crippen molar-refractivity contribution in [3.8, 4) is 11.5 Å². The van der Waals surface area contributed by atoms with E-state index in [-0.39, 0.29) is 16.5 Å². The van der Waals surface area contributed by atoms with Crippen molar-refractivity contribution in [2.24, 2.45) is 5.10 Å². The Morgan fingerprint density at radius 1 is 1.05 bits per heavy atom. The van der Waals surface area contributed by atoms with Gasteiger partial charge in [-0.25, -0.2) is 0 Å². The van der Waals surface area contributed by atoms with Crippen molar-refractivity contribution in [1.29, 1.82) is 0 Å². The molecule has 0 saturated carbocycles. The Kier molecular flexibility index (Phi) is 4.14. The molecule has 0 unspecified atom stereocenters. The van der Waals surface area contributed by atoms with E-state index in [0.29, 0.717) is 10.6 Å². The average molecular weight is 297 g/mol. The molecule has 0 bridgehead atoms. The molecule has 2 aromatic rings. The molecule has 3 N–H and O–H groups in total. The van der Waals surface area contributed by atoms with Crippen LogP contribution in [0.1, 0.15) is 5.56 Å². The molecule has 98 valence electrons. The highest BCUT2D eigenvalue weighted by Gasteiger charge is 2.05. The number of nitrogens with one attached hydrogen (secondary N) is 1. The summed E-state index contributed by atoms with van der Waals surface area (Å²) in [7, 11) is 0. The molecule has 0 fully saturated rings. The van der Waals surface area contributed by atoms with E-state index in [0.717, 1.165) is 5.69 Å². The third kappa shape index (κ3) is 3.53. The van der Waals surface area contributed by atoms with E-state index in [1.165, 1.54) is 18.3 Å². The molecule has 2 rings (SSSR count). The zero-order valence-electron chi connectivity index (χ0n) is 9.64. The van der Waals surface area contributed by atoms with Gasteiger partial charge in [0.25, 0.3) is 0 Å². The molecule has 0 spiro atoms. The van der Waals surface area contributed by atoms with Crippen molar-refractivity contribution < 1.29 is 10.2 Å². The van der Waals surface area contributed by atoms with Gasteiger partial charge in [-0.3, -0.25) is 5.43 Å². The van der Waals surface area contributed by atoms with Gasteiger partial charge >= 0.3 is 0 Å². The van der Waals surface area contributed by atoms with Crippen molar-refractivity contribution in [3.05, 3.63) is 52.0 Å². The highest BCUT2D eigenvalue weighted by Crippen LogP contribution is 2.33. The number of hydrogen-bond donors (Lipinski definition) is 3. The molecule has 2 aromatic carbocycles. The van der Waals surface area contributed by atoms with Crippen LogP contribution in [-0.2, 0) is 0 Å². The third-order valence-corrected chi connectivity index (χ3v) is 2.86. The summed E-state index contributed by atoms with van der Waals surface area (Å²) in [5.41, 5.74) is 4.13. The van der Waals surface area contributed by atoms with Gasteiger partial charge in [-0.15, -0.1) is 0 Å². The fourth-order valence-electron chi connectivity index (χ4n) is 1.39. The van der Waals surface area contributed by atoms with Gasteiger partial charge in [-0.05, 0) is 42.0 Å². The Morgan fingerprint density at radius 2 is 1.74 bits per heavy atom. The minimum Gasteiger partial charge on any atom is -0.504 e. The maximum absolute atomic E-state index is 9.40. The Balaban J connectivity index is 2.09. The second-order valence-electron chi connectivity index (χ2n) is 3.75. The van der Waals surface area contributed by atoms with Crippen LogP contribution in [0.5, 0.6) is 11.5 Å². The zero-order valence-corrected chi connectivity index (χ0v) is 11.2. The number of halogens is 2. The molecule has 0 aliphatic heterocycles. The largest absolute Gasteiger partial charge is 0.504 e. The lowest BCUT2D eigenvalue weighted by atomic mass is 10.2. The van der Waals surface area contributed by atoms with Gasteiger partial charge in [0.15, 0.2) is 11.5 Å². The first-order valence-electron chi connectivity index (χ1n) is 5.32. The Labute approximate surface area is 119 Å². The molecule has 19 heavy (non-hydrogen) atoms. The number of rotatable bonds is 3. The Bertz CT molecular complexity index is 590. The first kappa shape index (κ1) is 13.5. The standard InChI is InChI=1S/C13H10Cl2N2O2/c14-9-1-3-10(4-2-9)17-16-7-8-5-11(15)13(19)12(18)6-8/h1-7,17-19H/b16-7+. The van der Waals surface area contributed by atoms with E-state index in [1.807, 2.05) is 0 Å². The number of benzene rings is 2. The molecule has 6 heteroatoms. The molecule has 0 aliphatic carbocycles. The topological polar surface area (TPSA) is 64.9 Å². The lowest BCUT2D eigenvalue weighted by Gasteiger charge is -2.02. The summed E-state index contributed by atoms with van der Waals surface area (Å²) in [5.74, 6) is -0.634. The van der Waals surface area contributed by atoms with Crippen LogP contribution in [0.3, 0.4) is 0 Å². The number of hydrogen-bond acceptors (Lipinski definition) is 4. The van der Waals surface area contributed by atoms with Crippen LogP contribution in [0.4, 0.5) is 5.69 Å². The SMILES string of the molecule is Oc1cc(/C=N/Nc2ccc(Cl)cc2)cc(Cl)c1O. The lowest BCUT2D eigenvalue weighted by molar-refractivity contribution is 0.404. The van der Waals surface area contributed by atoms with Crippen molar-refractivity contribution in [1.82, 2.24) is 0 Å². The van der Waals surface area contributed by atoms with E-state index in [4.69, 9.17) is 23.2 Å². The van der Waals surface area contributed by atoms with Crippen molar-refractivity contribution >= 4 is 35.1 Å². The Hall–Kier alpha value is -1.91. The van der Waals surface area contributed by atoms with Crippen LogP contribution in [0.2, 0.25) is 10.0 Å². The van der Waals surface area contributed by atoms with Crippen LogP contribution >= 0.6 is 23.2 Å². The summed E-state index contributed by atoms with van der Waals surface area (Å²) in [6.45, 7) is 0. The Morgan fingerprint density at radius 3 is 2.37 bits per heavy atom. The first-order valence-corrected chi connectivity index (χ1v) is 6.08. The predicted molar refractivity (Wildman–Crippen MR) is 77.5 cm³/mol. The van der Waals surface area contributed by atoms with Gasteiger partial charge in [0, 0.05) is 5.02 Å². The highest BCUT2D eigenvalue weighted by molar-refractivity contribution is 6.32. The molecule has 0 aromatic heterocycles. The lowest BCUT2D eigenvalue weighted by Crippen LogP contribution is -1.90. The summed E-state index contributed by atoms with van der Waals surface area (Å²) in [6.07, 6.45) is 1.47. The maximum atomic E-state index is 9.40. The van der Waals surface area contributed by atoms with Gasteiger partial charge < -0.3 is 10.2 Å². The van der Waals surface area contributed by atoms with Crippen LogP contribution in [-0.4, -0.2) is 16.4 Å². The van der Waals surface area contributed by atoms with Crippen molar-refractivity contribution in [2.45, 2.75) is 0 Å². The van der Waals surface area contributed by atoms with E-state index in [1.54, 1.807) is 24.3 Å². The molecule has 0 saturated heterocycles. The first-order chi connectivity index (χ1) is 9.06. The third-order valence-electron chi connectivity index (χ3n) is 2.32. The fourth-order valence-corrected chi connectivity index (χ4v) is 1.73.